The third kappa shape index (κ3) is 5.61. The van der Waals surface area contributed by atoms with E-state index in [1.807, 2.05) is 41.3 Å². The third-order valence-corrected chi connectivity index (χ3v) is 7.12. The Hall–Kier alpha value is -3.46. The van der Waals surface area contributed by atoms with Crippen LogP contribution in [-0.4, -0.2) is 27.4 Å². The van der Waals surface area contributed by atoms with Gasteiger partial charge in [-0.05, 0) is 78.9 Å². The van der Waals surface area contributed by atoms with Gasteiger partial charge in [-0.25, -0.2) is 4.39 Å². The fraction of sp³-hybridized carbons (Fsp3) is 0.148. The molecule has 0 saturated carbocycles. The summed E-state index contributed by atoms with van der Waals surface area (Å²) >= 11 is 17.9. The summed E-state index contributed by atoms with van der Waals surface area (Å²) in [6.07, 6.45) is 1.88. The number of furan rings is 1. The fourth-order valence-electron chi connectivity index (χ4n) is 4.25. The number of rotatable bonds is 7. The quantitative estimate of drug-likeness (QED) is 0.245. The number of carbonyl (C=O) groups is 1. The first-order valence-corrected chi connectivity index (χ1v) is 12.6. The number of hydrogen-bond acceptors (Lipinski definition) is 4. The van der Waals surface area contributed by atoms with Crippen molar-refractivity contribution in [3.8, 4) is 11.3 Å². The minimum absolute atomic E-state index is 0.158. The van der Waals surface area contributed by atoms with Crippen molar-refractivity contribution in [3.63, 3.8) is 0 Å². The number of hydrogen-bond donors (Lipinski definition) is 2. The molecule has 2 aromatic heterocycles. The first-order valence-electron chi connectivity index (χ1n) is 11.5. The zero-order valence-electron chi connectivity index (χ0n) is 19.3. The second-order valence-corrected chi connectivity index (χ2v) is 9.66. The number of anilines is 1. The van der Waals surface area contributed by atoms with Gasteiger partial charge < -0.3 is 20.0 Å². The van der Waals surface area contributed by atoms with Gasteiger partial charge in [0.1, 0.15) is 23.4 Å². The van der Waals surface area contributed by atoms with Gasteiger partial charge >= 0.3 is 0 Å². The lowest BCUT2D eigenvalue weighted by atomic mass is 10.0. The lowest BCUT2D eigenvalue weighted by molar-refractivity contribution is -0.116. The third-order valence-electron chi connectivity index (χ3n) is 6.03. The van der Waals surface area contributed by atoms with Crippen molar-refractivity contribution < 1.29 is 13.6 Å². The van der Waals surface area contributed by atoms with Crippen LogP contribution < -0.4 is 10.6 Å². The summed E-state index contributed by atoms with van der Waals surface area (Å²) in [7, 11) is 0. The van der Waals surface area contributed by atoms with Gasteiger partial charge in [-0.2, -0.15) is 0 Å². The molecule has 3 heterocycles. The normalized spacial score (nSPS) is 17.1. The van der Waals surface area contributed by atoms with Crippen LogP contribution in [0.5, 0.6) is 0 Å². The highest BCUT2D eigenvalue weighted by molar-refractivity contribution is 7.80. The molecular formula is C27H21Cl2FN4O2S. The predicted octanol–water partition coefficient (Wildman–Crippen LogP) is 6.79. The SMILES string of the molecule is O=C(CCN1C(=S)NC(c2ccccn2)C1c1ccc(-c2ccc(Cl)c(Cl)c2)o1)Nc1ccc(F)cc1. The zero-order valence-corrected chi connectivity index (χ0v) is 21.7. The number of nitrogens with one attached hydrogen (secondary N) is 2. The van der Waals surface area contributed by atoms with Crippen LogP contribution in [0.15, 0.2) is 83.4 Å². The van der Waals surface area contributed by atoms with Crippen LogP contribution in [0.25, 0.3) is 11.3 Å². The molecule has 188 valence electrons. The molecule has 1 aliphatic heterocycles. The van der Waals surface area contributed by atoms with E-state index < -0.39 is 0 Å². The molecule has 2 atom stereocenters. The average Bonchev–Trinajstić information content (AvgIpc) is 3.51. The van der Waals surface area contributed by atoms with Crippen molar-refractivity contribution in [2.75, 3.05) is 11.9 Å². The van der Waals surface area contributed by atoms with Gasteiger partial charge in [0.05, 0.1) is 21.8 Å². The number of aromatic nitrogens is 1. The second-order valence-electron chi connectivity index (χ2n) is 8.46. The molecule has 0 bridgehead atoms. The minimum Gasteiger partial charge on any atom is -0.459 e. The molecule has 6 nitrogen and oxygen atoms in total. The predicted molar refractivity (Wildman–Crippen MR) is 146 cm³/mol. The minimum atomic E-state index is -0.367. The molecule has 10 heteroatoms. The van der Waals surface area contributed by atoms with Gasteiger partial charge in [0.2, 0.25) is 5.91 Å². The molecule has 0 spiro atoms. The van der Waals surface area contributed by atoms with E-state index in [9.17, 15) is 9.18 Å². The van der Waals surface area contributed by atoms with E-state index in [-0.39, 0.29) is 30.2 Å². The Morgan fingerprint density at radius 1 is 1.08 bits per heavy atom. The Balaban J connectivity index is 1.40. The Kier molecular flexibility index (Phi) is 7.41. The molecule has 1 fully saturated rings. The van der Waals surface area contributed by atoms with Crippen LogP contribution in [0.2, 0.25) is 10.0 Å². The first kappa shape index (κ1) is 25.2. The Morgan fingerprint density at radius 2 is 1.89 bits per heavy atom. The molecular weight excluding hydrogens is 534 g/mol. The van der Waals surface area contributed by atoms with E-state index in [0.717, 1.165) is 11.3 Å². The molecule has 0 aliphatic carbocycles. The molecule has 1 amide bonds. The van der Waals surface area contributed by atoms with Crippen LogP contribution in [0.3, 0.4) is 0 Å². The summed E-state index contributed by atoms with van der Waals surface area (Å²) < 4.78 is 19.5. The summed E-state index contributed by atoms with van der Waals surface area (Å²) in [6, 6.07) is 19.7. The van der Waals surface area contributed by atoms with Gasteiger partial charge in [0, 0.05) is 30.4 Å². The zero-order chi connectivity index (χ0) is 25.9. The lowest BCUT2D eigenvalue weighted by Crippen LogP contribution is -2.32. The number of benzene rings is 2. The summed E-state index contributed by atoms with van der Waals surface area (Å²) in [4.78, 5) is 19.1. The molecule has 2 unspecified atom stereocenters. The summed E-state index contributed by atoms with van der Waals surface area (Å²) in [5.41, 5.74) is 2.10. The van der Waals surface area contributed by atoms with Crippen LogP contribution in [0.1, 0.15) is 30.0 Å². The Morgan fingerprint density at radius 3 is 2.62 bits per heavy atom. The van der Waals surface area contributed by atoms with Gasteiger partial charge in [-0.15, -0.1) is 0 Å². The number of amides is 1. The molecule has 1 aliphatic rings. The highest BCUT2D eigenvalue weighted by atomic mass is 35.5. The van der Waals surface area contributed by atoms with Crippen molar-refractivity contribution in [2.24, 2.45) is 0 Å². The molecule has 0 radical (unpaired) electrons. The molecule has 1 saturated heterocycles. The largest absolute Gasteiger partial charge is 0.459 e. The summed E-state index contributed by atoms with van der Waals surface area (Å²) in [5.74, 6) is 0.696. The average molecular weight is 555 g/mol. The molecule has 2 aromatic carbocycles. The number of nitrogens with zero attached hydrogens (tertiary/aromatic N) is 2. The van der Waals surface area contributed by atoms with Crippen LogP contribution in [0, 0.1) is 5.82 Å². The molecule has 2 N–H and O–H groups in total. The number of pyridine rings is 1. The van der Waals surface area contributed by atoms with Crippen molar-refractivity contribution >= 4 is 52.1 Å². The maximum Gasteiger partial charge on any atom is 0.226 e. The van der Waals surface area contributed by atoms with E-state index in [2.05, 4.69) is 15.6 Å². The highest BCUT2D eigenvalue weighted by Gasteiger charge is 2.41. The van der Waals surface area contributed by atoms with Crippen LogP contribution >= 0.6 is 35.4 Å². The standard InChI is InChI=1S/C27H21Cl2FN4O2S/c28-19-9-4-16(15-20(19)29)22-10-11-23(36-22)26-25(21-3-1-2-13-31-21)33-27(37)34(26)14-12-24(35)32-18-7-5-17(30)6-8-18/h1-11,13,15,25-26H,12,14H2,(H,32,35)(H,33,37). The van der Waals surface area contributed by atoms with E-state index >= 15 is 0 Å². The van der Waals surface area contributed by atoms with Gasteiger partial charge in [-0.3, -0.25) is 9.78 Å². The van der Waals surface area contributed by atoms with Crippen LogP contribution in [-0.2, 0) is 4.79 Å². The number of carbonyl (C=O) groups excluding carboxylic acids is 1. The van der Waals surface area contributed by atoms with E-state index in [1.54, 1.807) is 18.3 Å². The Labute approximate surface area is 228 Å². The van der Waals surface area contributed by atoms with Gasteiger partial charge in [0.15, 0.2) is 5.11 Å². The fourth-order valence-corrected chi connectivity index (χ4v) is 4.88. The highest BCUT2D eigenvalue weighted by Crippen LogP contribution is 2.41. The summed E-state index contributed by atoms with van der Waals surface area (Å²) in [6.45, 7) is 0.329. The smallest absolute Gasteiger partial charge is 0.226 e. The van der Waals surface area contributed by atoms with E-state index in [1.165, 1.54) is 24.3 Å². The van der Waals surface area contributed by atoms with E-state index in [0.29, 0.717) is 38.9 Å². The van der Waals surface area contributed by atoms with Crippen molar-refractivity contribution in [2.45, 2.75) is 18.5 Å². The molecule has 5 rings (SSSR count). The lowest BCUT2D eigenvalue weighted by Gasteiger charge is -2.25. The second kappa shape index (κ2) is 10.9. The molecule has 37 heavy (non-hydrogen) atoms. The van der Waals surface area contributed by atoms with Crippen LogP contribution in [0.4, 0.5) is 10.1 Å². The molecule has 4 aromatic rings. The summed E-state index contributed by atoms with van der Waals surface area (Å²) in [5, 5.41) is 7.50. The Bertz CT molecular complexity index is 1430. The van der Waals surface area contributed by atoms with Gasteiger partial charge in [-0.1, -0.05) is 29.3 Å². The number of thiocarbonyl (C=S) groups is 1. The van der Waals surface area contributed by atoms with Crippen molar-refractivity contribution in [1.82, 2.24) is 15.2 Å². The monoisotopic (exact) mass is 554 g/mol. The first-order chi connectivity index (χ1) is 17.9. The van der Waals surface area contributed by atoms with E-state index in [4.69, 9.17) is 39.8 Å². The van der Waals surface area contributed by atoms with Crippen molar-refractivity contribution in [1.29, 1.82) is 0 Å². The maximum absolute atomic E-state index is 13.2. The van der Waals surface area contributed by atoms with Crippen molar-refractivity contribution in [3.05, 3.63) is 106 Å². The number of halogens is 3. The topological polar surface area (TPSA) is 70.4 Å². The van der Waals surface area contributed by atoms with Gasteiger partial charge in [0.25, 0.3) is 0 Å². The maximum atomic E-state index is 13.2.